The van der Waals surface area contributed by atoms with Crippen molar-refractivity contribution < 1.29 is 0 Å². The Balaban J connectivity index is 2.33. The number of rotatable bonds is 3. The van der Waals surface area contributed by atoms with Crippen LogP contribution in [-0.2, 0) is 6.42 Å². The average Bonchev–Trinajstić information content (AvgIpc) is 2.30. The number of aryl methyl sites for hydroxylation is 1. The molecule has 1 aromatic carbocycles. The van der Waals surface area contributed by atoms with Gasteiger partial charge in [-0.25, -0.2) is 0 Å². The number of halogens is 2. The maximum Gasteiger partial charge on any atom is 0.233 e. The highest BCUT2D eigenvalue weighted by Crippen LogP contribution is 2.24. The number of aromatic nitrogens is 3. The van der Waals surface area contributed by atoms with E-state index in [-0.39, 0.29) is 11.2 Å². The molecule has 2 rings (SSSR count). The minimum absolute atomic E-state index is 0.0696. The molecule has 0 aliphatic heterocycles. The van der Waals surface area contributed by atoms with Crippen LogP contribution in [0.25, 0.3) is 0 Å². The quantitative estimate of drug-likeness (QED) is 0.905. The number of hydrogen-bond acceptors (Lipinski definition) is 5. The van der Waals surface area contributed by atoms with Crippen LogP contribution in [0.2, 0.25) is 5.28 Å². The summed E-state index contributed by atoms with van der Waals surface area (Å²) in [6, 6.07) is 5.92. The number of nitrogen functional groups attached to an aromatic ring is 1. The fourth-order valence-electron chi connectivity index (χ4n) is 1.52. The lowest BCUT2D eigenvalue weighted by molar-refractivity contribution is 1.06. The highest BCUT2D eigenvalue weighted by atomic mass is 79.9. The van der Waals surface area contributed by atoms with E-state index in [0.717, 1.165) is 22.1 Å². The molecule has 0 fully saturated rings. The standard InChI is InChI=1S/C11H11BrClN5/c1-2-6-5-7(12)3-4-8(6)15-11-17-9(13)16-10(14)18-11/h3-5H,2H2,1H3,(H3,14,15,16,17,18). The Morgan fingerprint density at radius 3 is 2.78 bits per heavy atom. The van der Waals surface area contributed by atoms with E-state index >= 15 is 0 Å². The van der Waals surface area contributed by atoms with Gasteiger partial charge in [-0.05, 0) is 41.8 Å². The fourth-order valence-corrected chi connectivity index (χ4v) is 2.09. The summed E-state index contributed by atoms with van der Waals surface area (Å²) in [7, 11) is 0. The van der Waals surface area contributed by atoms with Crippen LogP contribution in [-0.4, -0.2) is 15.0 Å². The van der Waals surface area contributed by atoms with E-state index in [1.165, 1.54) is 0 Å². The van der Waals surface area contributed by atoms with Crippen molar-refractivity contribution in [2.45, 2.75) is 13.3 Å². The number of anilines is 3. The molecule has 0 radical (unpaired) electrons. The lowest BCUT2D eigenvalue weighted by Crippen LogP contribution is -2.04. The SMILES string of the molecule is CCc1cc(Br)ccc1Nc1nc(N)nc(Cl)n1. The van der Waals surface area contributed by atoms with Gasteiger partial charge in [0.15, 0.2) is 0 Å². The van der Waals surface area contributed by atoms with Crippen LogP contribution >= 0.6 is 27.5 Å². The Morgan fingerprint density at radius 1 is 1.33 bits per heavy atom. The smallest absolute Gasteiger partial charge is 0.233 e. The third kappa shape index (κ3) is 3.08. The van der Waals surface area contributed by atoms with Gasteiger partial charge in [0.2, 0.25) is 17.2 Å². The monoisotopic (exact) mass is 327 g/mol. The molecule has 0 saturated carbocycles. The molecule has 0 atom stereocenters. The van der Waals surface area contributed by atoms with E-state index in [1.807, 2.05) is 18.2 Å². The van der Waals surface area contributed by atoms with Crippen molar-refractivity contribution in [1.29, 1.82) is 0 Å². The first-order valence-electron chi connectivity index (χ1n) is 5.31. The van der Waals surface area contributed by atoms with Crippen molar-refractivity contribution in [3.05, 3.63) is 33.5 Å². The average molecular weight is 329 g/mol. The molecule has 0 aliphatic carbocycles. The van der Waals surface area contributed by atoms with E-state index in [0.29, 0.717) is 5.95 Å². The van der Waals surface area contributed by atoms with Crippen molar-refractivity contribution in [2.75, 3.05) is 11.1 Å². The minimum atomic E-state index is 0.0696. The van der Waals surface area contributed by atoms with Crippen LogP contribution in [0.3, 0.4) is 0 Å². The van der Waals surface area contributed by atoms with Gasteiger partial charge in [0.05, 0.1) is 0 Å². The van der Waals surface area contributed by atoms with Gasteiger partial charge in [-0.2, -0.15) is 15.0 Å². The van der Waals surface area contributed by atoms with Gasteiger partial charge in [-0.3, -0.25) is 0 Å². The molecule has 0 spiro atoms. The van der Waals surface area contributed by atoms with Gasteiger partial charge in [-0.1, -0.05) is 22.9 Å². The van der Waals surface area contributed by atoms with Crippen molar-refractivity contribution in [2.24, 2.45) is 0 Å². The second-order valence-electron chi connectivity index (χ2n) is 3.57. The Hall–Kier alpha value is -1.40. The summed E-state index contributed by atoms with van der Waals surface area (Å²) in [6.07, 6.45) is 0.885. The van der Waals surface area contributed by atoms with Gasteiger partial charge in [0.1, 0.15) is 0 Å². The van der Waals surface area contributed by atoms with Crippen LogP contribution in [0.15, 0.2) is 22.7 Å². The van der Waals surface area contributed by atoms with Crippen LogP contribution in [0.1, 0.15) is 12.5 Å². The van der Waals surface area contributed by atoms with Gasteiger partial charge < -0.3 is 11.1 Å². The fraction of sp³-hybridized carbons (Fsp3) is 0.182. The summed E-state index contributed by atoms with van der Waals surface area (Å²) >= 11 is 9.16. The molecule has 18 heavy (non-hydrogen) atoms. The predicted octanol–water partition coefficient (Wildman–Crippen LogP) is 3.18. The third-order valence-corrected chi connectivity index (χ3v) is 2.98. The Labute approximate surface area is 118 Å². The lowest BCUT2D eigenvalue weighted by atomic mass is 10.1. The molecule has 2 aromatic rings. The second-order valence-corrected chi connectivity index (χ2v) is 4.82. The summed E-state index contributed by atoms with van der Waals surface area (Å²) in [5, 5.41) is 3.15. The normalized spacial score (nSPS) is 10.4. The first-order valence-corrected chi connectivity index (χ1v) is 6.48. The number of hydrogen-bond donors (Lipinski definition) is 2. The molecule has 0 aliphatic rings. The summed E-state index contributed by atoms with van der Waals surface area (Å²) < 4.78 is 1.03. The maximum atomic E-state index is 5.73. The van der Waals surface area contributed by atoms with E-state index < -0.39 is 0 Å². The van der Waals surface area contributed by atoms with E-state index in [9.17, 15) is 0 Å². The van der Waals surface area contributed by atoms with E-state index in [4.69, 9.17) is 17.3 Å². The molecule has 0 bridgehead atoms. The number of nitrogens with two attached hydrogens (primary N) is 1. The van der Waals surface area contributed by atoms with Crippen LogP contribution in [0.4, 0.5) is 17.6 Å². The Kier molecular flexibility index (Phi) is 3.98. The molecular formula is C11H11BrClN5. The first kappa shape index (κ1) is 13.0. The molecule has 7 heteroatoms. The largest absolute Gasteiger partial charge is 0.368 e. The summed E-state index contributed by atoms with van der Waals surface area (Å²) in [6.45, 7) is 2.07. The second kappa shape index (κ2) is 5.49. The van der Waals surface area contributed by atoms with Crippen molar-refractivity contribution in [1.82, 2.24) is 15.0 Å². The Bertz CT molecular complexity index is 555. The van der Waals surface area contributed by atoms with E-state index in [1.54, 1.807) is 0 Å². The van der Waals surface area contributed by atoms with Gasteiger partial charge >= 0.3 is 0 Å². The molecule has 5 nitrogen and oxygen atoms in total. The van der Waals surface area contributed by atoms with Crippen LogP contribution < -0.4 is 11.1 Å². The zero-order valence-electron chi connectivity index (χ0n) is 9.61. The summed E-state index contributed by atoms with van der Waals surface area (Å²) in [4.78, 5) is 11.6. The number of nitrogens with zero attached hydrogens (tertiary/aromatic N) is 3. The molecule has 0 amide bonds. The predicted molar refractivity (Wildman–Crippen MR) is 76.1 cm³/mol. The number of nitrogens with one attached hydrogen (secondary N) is 1. The van der Waals surface area contributed by atoms with Crippen LogP contribution in [0.5, 0.6) is 0 Å². The van der Waals surface area contributed by atoms with Crippen molar-refractivity contribution in [3.8, 4) is 0 Å². The molecular weight excluding hydrogens is 318 g/mol. The summed E-state index contributed by atoms with van der Waals surface area (Å²) in [5.74, 6) is 0.428. The summed E-state index contributed by atoms with van der Waals surface area (Å²) in [5.41, 5.74) is 7.57. The van der Waals surface area contributed by atoms with Crippen molar-refractivity contribution in [3.63, 3.8) is 0 Å². The Morgan fingerprint density at radius 2 is 2.11 bits per heavy atom. The molecule has 0 saturated heterocycles. The highest BCUT2D eigenvalue weighted by molar-refractivity contribution is 9.10. The molecule has 1 heterocycles. The zero-order chi connectivity index (χ0) is 13.1. The lowest BCUT2D eigenvalue weighted by Gasteiger charge is -2.10. The van der Waals surface area contributed by atoms with E-state index in [2.05, 4.69) is 43.1 Å². The molecule has 94 valence electrons. The van der Waals surface area contributed by atoms with Gasteiger partial charge in [0, 0.05) is 10.2 Å². The highest BCUT2D eigenvalue weighted by Gasteiger charge is 2.06. The minimum Gasteiger partial charge on any atom is -0.368 e. The van der Waals surface area contributed by atoms with Crippen molar-refractivity contribution >= 4 is 45.1 Å². The topological polar surface area (TPSA) is 76.7 Å². The zero-order valence-corrected chi connectivity index (χ0v) is 12.0. The molecule has 3 N–H and O–H groups in total. The van der Waals surface area contributed by atoms with Gasteiger partial charge in [0.25, 0.3) is 0 Å². The first-order chi connectivity index (χ1) is 8.58. The maximum absolute atomic E-state index is 5.73. The molecule has 1 aromatic heterocycles. The van der Waals surface area contributed by atoms with Crippen LogP contribution in [0, 0.1) is 0 Å². The number of benzene rings is 1. The molecule has 0 unspecified atom stereocenters. The van der Waals surface area contributed by atoms with Gasteiger partial charge in [-0.15, -0.1) is 0 Å². The third-order valence-electron chi connectivity index (χ3n) is 2.32.